The average Bonchev–Trinajstić information content (AvgIpc) is 2.93. The molecule has 0 aliphatic carbocycles. The van der Waals surface area contributed by atoms with Crippen molar-refractivity contribution >= 4 is 34.0 Å². The normalized spacial score (nSPS) is 12.4. The molecule has 0 saturated heterocycles. The van der Waals surface area contributed by atoms with Crippen LogP contribution in [-0.2, 0) is 28.9 Å². The van der Waals surface area contributed by atoms with E-state index in [1.807, 2.05) is 25.1 Å². The Balaban J connectivity index is 1.29. The lowest BCUT2D eigenvalue weighted by molar-refractivity contribution is -0.118. The number of nitrogens with zero attached hydrogens (tertiary/aromatic N) is 2. The highest BCUT2D eigenvalue weighted by atomic mass is 19.1. The molecule has 0 bridgehead atoms. The molecule has 1 aliphatic heterocycles. The number of ketones is 1. The van der Waals surface area contributed by atoms with Crippen molar-refractivity contribution in [1.29, 1.82) is 0 Å². The van der Waals surface area contributed by atoms with E-state index in [-0.39, 0.29) is 35.8 Å². The van der Waals surface area contributed by atoms with Gasteiger partial charge in [-0.2, -0.15) is 0 Å². The number of aryl methyl sites for hydroxylation is 1. The van der Waals surface area contributed by atoms with Crippen molar-refractivity contribution in [2.75, 3.05) is 11.9 Å². The Labute approximate surface area is 225 Å². The minimum absolute atomic E-state index is 0.00869. The SMILES string of the molecule is [C-]#[N+]c1cc2c(Oc3ccc(CC(=O)Cc4ccc5c(c4)CCC(=O)N5)c(F)c3)ccnc2cc1OCCC. The van der Waals surface area contributed by atoms with Crippen molar-refractivity contribution in [2.45, 2.75) is 39.0 Å². The van der Waals surface area contributed by atoms with Gasteiger partial charge in [-0.15, -0.1) is 0 Å². The largest absolute Gasteiger partial charge is 0.505 e. The molecule has 0 saturated carbocycles. The number of carbonyl (C=O) groups excluding carboxylic acids is 2. The molecular weight excluding hydrogens is 497 g/mol. The predicted molar refractivity (Wildman–Crippen MR) is 146 cm³/mol. The lowest BCUT2D eigenvalue weighted by Gasteiger charge is -2.17. The molecule has 4 aromatic rings. The van der Waals surface area contributed by atoms with E-state index in [4.69, 9.17) is 16.0 Å². The fourth-order valence-corrected chi connectivity index (χ4v) is 4.55. The maximum absolute atomic E-state index is 15.0. The summed E-state index contributed by atoms with van der Waals surface area (Å²) in [4.78, 5) is 32.2. The zero-order chi connectivity index (χ0) is 27.4. The Morgan fingerprint density at radius 1 is 1.08 bits per heavy atom. The Bertz CT molecular complexity index is 1630. The van der Waals surface area contributed by atoms with Crippen molar-refractivity contribution in [3.63, 3.8) is 0 Å². The van der Waals surface area contributed by atoms with E-state index in [0.717, 1.165) is 23.2 Å². The van der Waals surface area contributed by atoms with Crippen LogP contribution in [0.3, 0.4) is 0 Å². The maximum Gasteiger partial charge on any atom is 0.229 e. The summed E-state index contributed by atoms with van der Waals surface area (Å²) in [5.74, 6) is 0.499. The van der Waals surface area contributed by atoms with Crippen LogP contribution in [-0.4, -0.2) is 23.3 Å². The molecule has 1 aromatic heterocycles. The number of anilines is 1. The Kier molecular flexibility index (Phi) is 7.50. The zero-order valence-corrected chi connectivity index (χ0v) is 21.4. The number of ether oxygens (including phenoxy) is 2. The first kappa shape index (κ1) is 25.9. The summed E-state index contributed by atoms with van der Waals surface area (Å²) in [6, 6.07) is 15.0. The first-order valence-electron chi connectivity index (χ1n) is 12.8. The number of rotatable bonds is 9. The van der Waals surface area contributed by atoms with E-state index < -0.39 is 5.82 Å². The van der Waals surface area contributed by atoms with Gasteiger partial charge in [-0.05, 0) is 59.9 Å². The highest BCUT2D eigenvalue weighted by molar-refractivity contribution is 5.94. The lowest BCUT2D eigenvalue weighted by Crippen LogP contribution is -2.19. The molecule has 5 rings (SSSR count). The molecule has 1 amide bonds. The fraction of sp³-hybridized carbons (Fsp3) is 0.226. The quantitative estimate of drug-likeness (QED) is 0.246. The number of fused-ring (bicyclic) bond motifs is 2. The Morgan fingerprint density at radius 3 is 2.74 bits per heavy atom. The van der Waals surface area contributed by atoms with E-state index >= 15 is 0 Å². The van der Waals surface area contributed by atoms with Gasteiger partial charge in [-0.3, -0.25) is 14.6 Å². The van der Waals surface area contributed by atoms with Crippen molar-refractivity contribution in [3.05, 3.63) is 94.7 Å². The van der Waals surface area contributed by atoms with Gasteiger partial charge in [0.1, 0.15) is 28.8 Å². The van der Waals surface area contributed by atoms with Crippen molar-refractivity contribution in [3.8, 4) is 17.2 Å². The first-order chi connectivity index (χ1) is 18.9. The van der Waals surface area contributed by atoms with Gasteiger partial charge in [0, 0.05) is 42.6 Å². The number of Topliss-reactive ketones (excluding diaryl/α,β-unsaturated/α-hetero) is 1. The Morgan fingerprint density at radius 2 is 1.95 bits per heavy atom. The van der Waals surface area contributed by atoms with Gasteiger partial charge in [0.05, 0.1) is 18.7 Å². The second kappa shape index (κ2) is 11.3. The first-order valence-corrected chi connectivity index (χ1v) is 12.8. The number of hydrogen-bond donors (Lipinski definition) is 1. The smallest absolute Gasteiger partial charge is 0.229 e. The van der Waals surface area contributed by atoms with Gasteiger partial charge in [0.15, 0.2) is 0 Å². The molecule has 39 heavy (non-hydrogen) atoms. The Hall–Kier alpha value is -4.77. The summed E-state index contributed by atoms with van der Waals surface area (Å²) in [6.07, 6.45) is 3.58. The summed E-state index contributed by atoms with van der Waals surface area (Å²) in [5.41, 5.74) is 3.84. The van der Waals surface area contributed by atoms with Crippen LogP contribution >= 0.6 is 0 Å². The van der Waals surface area contributed by atoms with E-state index in [1.165, 1.54) is 6.07 Å². The molecule has 3 aromatic carbocycles. The van der Waals surface area contributed by atoms with E-state index in [9.17, 15) is 14.0 Å². The third-order valence-corrected chi connectivity index (χ3v) is 6.47. The van der Waals surface area contributed by atoms with Crippen LogP contribution in [0.2, 0.25) is 0 Å². The number of pyridine rings is 1. The van der Waals surface area contributed by atoms with Crippen LogP contribution in [0.25, 0.3) is 15.7 Å². The van der Waals surface area contributed by atoms with Gasteiger partial charge in [0.25, 0.3) is 0 Å². The zero-order valence-electron chi connectivity index (χ0n) is 21.4. The standard InChI is InChI=1S/C31H26FN3O4/c1-3-12-38-30-18-27-24(17-28(30)33-2)29(10-11-34-27)39-23-7-5-20(25(32)16-23)15-22(36)14-19-4-8-26-21(13-19)6-9-31(37)35-26/h4-5,7-8,10-11,13,16-18H,3,6,9,12,14-15H2,1H3,(H,35,37). The molecular formula is C31H26FN3O4. The van der Waals surface area contributed by atoms with Crippen molar-refractivity contribution < 1.29 is 23.5 Å². The average molecular weight is 524 g/mol. The molecule has 1 aliphatic rings. The molecule has 1 N–H and O–H groups in total. The number of carbonyl (C=O) groups is 2. The molecule has 2 heterocycles. The van der Waals surface area contributed by atoms with Crippen LogP contribution in [0.15, 0.2) is 60.8 Å². The van der Waals surface area contributed by atoms with E-state index in [1.54, 1.807) is 36.5 Å². The summed E-state index contributed by atoms with van der Waals surface area (Å²) in [5, 5.41) is 3.44. The molecule has 0 radical (unpaired) electrons. The summed E-state index contributed by atoms with van der Waals surface area (Å²) >= 11 is 0. The number of nitrogens with one attached hydrogen (secondary N) is 1. The van der Waals surface area contributed by atoms with Crippen molar-refractivity contribution in [2.24, 2.45) is 0 Å². The molecule has 196 valence electrons. The monoisotopic (exact) mass is 523 g/mol. The molecule has 0 spiro atoms. The summed E-state index contributed by atoms with van der Waals surface area (Å²) in [7, 11) is 0. The number of aromatic nitrogens is 1. The maximum atomic E-state index is 15.0. The van der Waals surface area contributed by atoms with Crippen LogP contribution in [0, 0.1) is 12.4 Å². The summed E-state index contributed by atoms with van der Waals surface area (Å²) < 4.78 is 26.6. The van der Waals surface area contributed by atoms with E-state index in [0.29, 0.717) is 47.5 Å². The molecule has 7 nitrogen and oxygen atoms in total. The molecule has 0 atom stereocenters. The predicted octanol–water partition coefficient (Wildman–Crippen LogP) is 6.74. The number of halogens is 1. The van der Waals surface area contributed by atoms with E-state index in [2.05, 4.69) is 15.1 Å². The van der Waals surface area contributed by atoms with Gasteiger partial charge in [0.2, 0.25) is 11.6 Å². The molecule has 0 unspecified atom stereocenters. The topological polar surface area (TPSA) is 81.9 Å². The van der Waals surface area contributed by atoms with Crippen LogP contribution < -0.4 is 14.8 Å². The molecule has 8 heteroatoms. The van der Waals surface area contributed by atoms with Gasteiger partial charge in [-0.1, -0.05) is 25.1 Å². The lowest BCUT2D eigenvalue weighted by atomic mass is 9.97. The highest BCUT2D eigenvalue weighted by Crippen LogP contribution is 2.37. The van der Waals surface area contributed by atoms with Crippen LogP contribution in [0.1, 0.15) is 36.5 Å². The van der Waals surface area contributed by atoms with Crippen LogP contribution in [0.5, 0.6) is 17.2 Å². The van der Waals surface area contributed by atoms with Gasteiger partial charge < -0.3 is 14.8 Å². The van der Waals surface area contributed by atoms with Crippen molar-refractivity contribution in [1.82, 2.24) is 4.98 Å². The van der Waals surface area contributed by atoms with Gasteiger partial charge in [-0.25, -0.2) is 9.24 Å². The highest BCUT2D eigenvalue weighted by Gasteiger charge is 2.17. The second-order valence-electron chi connectivity index (χ2n) is 9.39. The minimum Gasteiger partial charge on any atom is -0.505 e. The number of amides is 1. The molecule has 0 fully saturated rings. The number of hydrogen-bond acceptors (Lipinski definition) is 5. The minimum atomic E-state index is -0.538. The second-order valence-corrected chi connectivity index (χ2v) is 9.39. The van der Waals surface area contributed by atoms with Crippen LogP contribution in [0.4, 0.5) is 15.8 Å². The van der Waals surface area contributed by atoms with Gasteiger partial charge >= 0.3 is 0 Å². The summed E-state index contributed by atoms with van der Waals surface area (Å²) in [6.45, 7) is 9.98. The number of benzene rings is 3. The fourth-order valence-electron chi connectivity index (χ4n) is 4.55. The third-order valence-electron chi connectivity index (χ3n) is 6.47. The third kappa shape index (κ3) is 5.88.